The number of pyridine rings is 1. The SMILES string of the molecule is COCc1nn2c(ncc3c(=O)n(C4CCCCC4C)ccc32)c1-c1ccccc1. The molecule has 1 aromatic carbocycles. The monoisotopic (exact) mass is 402 g/mol. The molecule has 1 aliphatic carbocycles. The Bertz CT molecular complexity index is 1260. The number of ether oxygens (including phenoxy) is 1. The van der Waals surface area contributed by atoms with Gasteiger partial charge in [-0.2, -0.15) is 5.10 Å². The van der Waals surface area contributed by atoms with Gasteiger partial charge in [-0.3, -0.25) is 4.79 Å². The maximum atomic E-state index is 13.4. The number of hydrogen-bond acceptors (Lipinski definition) is 4. The van der Waals surface area contributed by atoms with E-state index in [4.69, 9.17) is 9.84 Å². The Morgan fingerprint density at radius 2 is 1.93 bits per heavy atom. The van der Waals surface area contributed by atoms with Crippen LogP contribution >= 0.6 is 0 Å². The van der Waals surface area contributed by atoms with Crippen LogP contribution in [0.3, 0.4) is 0 Å². The van der Waals surface area contributed by atoms with Crippen LogP contribution in [-0.4, -0.2) is 26.3 Å². The maximum Gasteiger partial charge on any atom is 0.261 e. The Morgan fingerprint density at radius 3 is 2.70 bits per heavy atom. The van der Waals surface area contributed by atoms with E-state index in [1.165, 1.54) is 19.3 Å². The van der Waals surface area contributed by atoms with Crippen molar-refractivity contribution in [2.24, 2.45) is 5.92 Å². The minimum atomic E-state index is 0.0192. The maximum absolute atomic E-state index is 13.4. The fourth-order valence-electron chi connectivity index (χ4n) is 4.84. The van der Waals surface area contributed by atoms with Crippen molar-refractivity contribution in [1.82, 2.24) is 19.2 Å². The summed E-state index contributed by atoms with van der Waals surface area (Å²) in [6.07, 6.45) is 8.31. The summed E-state index contributed by atoms with van der Waals surface area (Å²) in [6.45, 7) is 2.63. The molecule has 2 atom stereocenters. The fourth-order valence-corrected chi connectivity index (χ4v) is 4.84. The molecule has 6 heteroatoms. The fraction of sp³-hybridized carbons (Fsp3) is 0.375. The van der Waals surface area contributed by atoms with E-state index in [-0.39, 0.29) is 11.6 Å². The van der Waals surface area contributed by atoms with E-state index in [1.807, 2.05) is 47.2 Å². The Balaban J connectivity index is 1.72. The van der Waals surface area contributed by atoms with Gasteiger partial charge in [0.25, 0.3) is 5.56 Å². The summed E-state index contributed by atoms with van der Waals surface area (Å²) in [6, 6.07) is 12.3. The van der Waals surface area contributed by atoms with Gasteiger partial charge in [0.05, 0.1) is 28.8 Å². The predicted octanol–water partition coefficient (Wildman–Crippen LogP) is 4.61. The van der Waals surface area contributed by atoms with Crippen LogP contribution in [-0.2, 0) is 11.3 Å². The third-order valence-corrected chi connectivity index (χ3v) is 6.38. The van der Waals surface area contributed by atoms with Gasteiger partial charge in [-0.15, -0.1) is 0 Å². The van der Waals surface area contributed by atoms with E-state index in [9.17, 15) is 4.79 Å². The van der Waals surface area contributed by atoms with E-state index >= 15 is 0 Å². The van der Waals surface area contributed by atoms with Gasteiger partial charge in [0.2, 0.25) is 0 Å². The molecule has 1 aliphatic rings. The van der Waals surface area contributed by atoms with Gasteiger partial charge in [0.15, 0.2) is 5.65 Å². The lowest BCUT2D eigenvalue weighted by Gasteiger charge is -2.30. The van der Waals surface area contributed by atoms with Crippen molar-refractivity contribution in [3.8, 4) is 11.1 Å². The van der Waals surface area contributed by atoms with Crippen molar-refractivity contribution >= 4 is 16.6 Å². The second kappa shape index (κ2) is 7.69. The van der Waals surface area contributed by atoms with Gasteiger partial charge >= 0.3 is 0 Å². The van der Waals surface area contributed by atoms with Gasteiger partial charge in [0.1, 0.15) is 0 Å². The number of nitrogens with zero attached hydrogens (tertiary/aromatic N) is 4. The Labute approximate surface area is 175 Å². The van der Waals surface area contributed by atoms with Crippen LogP contribution in [0.5, 0.6) is 0 Å². The molecule has 1 saturated carbocycles. The largest absolute Gasteiger partial charge is 0.378 e. The number of benzene rings is 1. The van der Waals surface area contributed by atoms with Crippen LogP contribution in [0.4, 0.5) is 0 Å². The van der Waals surface area contributed by atoms with Crippen LogP contribution in [0.1, 0.15) is 44.3 Å². The van der Waals surface area contributed by atoms with Crippen molar-refractivity contribution in [2.75, 3.05) is 7.11 Å². The zero-order chi connectivity index (χ0) is 20.7. The average Bonchev–Trinajstić information content (AvgIpc) is 3.14. The lowest BCUT2D eigenvalue weighted by atomic mass is 9.85. The van der Waals surface area contributed by atoms with E-state index in [0.29, 0.717) is 17.9 Å². The first-order valence-corrected chi connectivity index (χ1v) is 10.6. The minimum Gasteiger partial charge on any atom is -0.378 e. The van der Waals surface area contributed by atoms with E-state index in [0.717, 1.165) is 34.4 Å². The summed E-state index contributed by atoms with van der Waals surface area (Å²) in [7, 11) is 1.66. The molecule has 0 bridgehead atoms. The Morgan fingerprint density at radius 1 is 1.13 bits per heavy atom. The van der Waals surface area contributed by atoms with E-state index in [2.05, 4.69) is 11.9 Å². The first-order valence-electron chi connectivity index (χ1n) is 10.6. The molecule has 30 heavy (non-hydrogen) atoms. The third-order valence-electron chi connectivity index (χ3n) is 6.38. The molecular weight excluding hydrogens is 376 g/mol. The highest BCUT2D eigenvalue weighted by atomic mass is 16.5. The van der Waals surface area contributed by atoms with Crippen molar-refractivity contribution in [1.29, 1.82) is 0 Å². The molecule has 4 aromatic rings. The Kier molecular flexibility index (Phi) is 4.87. The molecule has 154 valence electrons. The highest BCUT2D eigenvalue weighted by Crippen LogP contribution is 2.33. The van der Waals surface area contributed by atoms with Crippen LogP contribution < -0.4 is 5.56 Å². The smallest absolute Gasteiger partial charge is 0.261 e. The highest BCUT2D eigenvalue weighted by molar-refractivity contribution is 5.86. The third kappa shape index (κ3) is 3.03. The topological polar surface area (TPSA) is 61.4 Å². The van der Waals surface area contributed by atoms with Gasteiger partial charge < -0.3 is 9.30 Å². The van der Waals surface area contributed by atoms with Gasteiger partial charge in [0, 0.05) is 25.5 Å². The normalized spacial score (nSPS) is 19.5. The standard InChI is InChI=1S/C24H26N4O2/c1-16-8-6-7-11-20(16)27-13-12-21-18(24(27)29)14-25-23-22(17-9-4-3-5-10-17)19(15-30-2)26-28(21)23/h3-5,9-10,12-14,16,20H,6-8,11,15H2,1-2H3. The number of rotatable bonds is 4. The quantitative estimate of drug-likeness (QED) is 0.500. The minimum absolute atomic E-state index is 0.0192. The van der Waals surface area contributed by atoms with E-state index < -0.39 is 0 Å². The van der Waals surface area contributed by atoms with Crippen LogP contribution in [0, 0.1) is 5.92 Å². The molecule has 0 aliphatic heterocycles. The summed E-state index contributed by atoms with van der Waals surface area (Å²) in [5, 5.41) is 5.39. The molecule has 1 fully saturated rings. The zero-order valence-electron chi connectivity index (χ0n) is 17.4. The molecule has 3 aromatic heterocycles. The van der Waals surface area contributed by atoms with Crippen molar-refractivity contribution < 1.29 is 4.74 Å². The lowest BCUT2D eigenvalue weighted by molar-refractivity contribution is 0.181. The van der Waals surface area contributed by atoms with Crippen LogP contribution in [0.15, 0.2) is 53.6 Å². The second-order valence-corrected chi connectivity index (χ2v) is 8.27. The van der Waals surface area contributed by atoms with E-state index in [1.54, 1.807) is 17.8 Å². The van der Waals surface area contributed by atoms with Crippen molar-refractivity contribution in [2.45, 2.75) is 45.3 Å². The molecule has 0 amide bonds. The highest BCUT2D eigenvalue weighted by Gasteiger charge is 2.25. The van der Waals surface area contributed by atoms with Crippen molar-refractivity contribution in [3.63, 3.8) is 0 Å². The number of hydrogen-bond donors (Lipinski definition) is 0. The summed E-state index contributed by atoms with van der Waals surface area (Å²) in [5.74, 6) is 0.508. The van der Waals surface area contributed by atoms with Crippen LogP contribution in [0.25, 0.3) is 27.7 Å². The first kappa shape index (κ1) is 19.0. The Hall–Kier alpha value is -2.99. The summed E-state index contributed by atoms with van der Waals surface area (Å²) in [4.78, 5) is 18.0. The number of methoxy groups -OCH3 is 1. The van der Waals surface area contributed by atoms with Crippen LogP contribution in [0.2, 0.25) is 0 Å². The molecule has 0 spiro atoms. The lowest BCUT2D eigenvalue weighted by Crippen LogP contribution is -2.30. The second-order valence-electron chi connectivity index (χ2n) is 8.27. The summed E-state index contributed by atoms with van der Waals surface area (Å²) in [5.41, 5.74) is 4.34. The molecule has 0 radical (unpaired) electrons. The molecule has 0 saturated heterocycles. The molecule has 2 unspecified atom stereocenters. The first-order chi connectivity index (χ1) is 14.7. The molecule has 0 N–H and O–H groups in total. The van der Waals surface area contributed by atoms with Gasteiger partial charge in [-0.1, -0.05) is 50.1 Å². The number of aromatic nitrogens is 4. The molecule has 5 rings (SSSR count). The molecule has 6 nitrogen and oxygen atoms in total. The molecular formula is C24H26N4O2. The van der Waals surface area contributed by atoms with Gasteiger partial charge in [-0.25, -0.2) is 9.50 Å². The molecule has 3 heterocycles. The summed E-state index contributed by atoms with van der Waals surface area (Å²) < 4.78 is 9.10. The number of fused-ring (bicyclic) bond motifs is 3. The van der Waals surface area contributed by atoms with Gasteiger partial charge in [-0.05, 0) is 30.4 Å². The van der Waals surface area contributed by atoms with Crippen molar-refractivity contribution in [3.05, 3.63) is 64.8 Å². The average molecular weight is 402 g/mol. The predicted molar refractivity (Wildman–Crippen MR) is 118 cm³/mol. The summed E-state index contributed by atoms with van der Waals surface area (Å²) >= 11 is 0. The zero-order valence-corrected chi connectivity index (χ0v) is 17.4.